The molecule has 6 nitrogen and oxygen atoms in total. The monoisotopic (exact) mass is 444 g/mol. The van der Waals surface area contributed by atoms with Gasteiger partial charge in [0.15, 0.2) is 0 Å². The summed E-state index contributed by atoms with van der Waals surface area (Å²) in [7, 11) is -3.36. The molecule has 2 aromatic carbocycles. The van der Waals surface area contributed by atoms with Gasteiger partial charge in [-0.25, -0.2) is 12.7 Å². The van der Waals surface area contributed by atoms with Crippen LogP contribution in [-0.2, 0) is 21.2 Å². The van der Waals surface area contributed by atoms with Gasteiger partial charge in [0.2, 0.25) is 15.9 Å². The van der Waals surface area contributed by atoms with Crippen molar-refractivity contribution in [2.75, 3.05) is 32.0 Å². The van der Waals surface area contributed by atoms with Gasteiger partial charge in [-0.2, -0.15) is 0 Å². The van der Waals surface area contributed by atoms with Gasteiger partial charge < -0.3 is 10.1 Å². The number of hydrogen-bond donors (Lipinski definition) is 1. The minimum Gasteiger partial charge on any atom is -0.491 e. The van der Waals surface area contributed by atoms with Crippen LogP contribution in [-0.4, -0.2) is 50.6 Å². The number of carbonyl (C=O) groups is 1. The summed E-state index contributed by atoms with van der Waals surface area (Å²) in [5.41, 5.74) is 2.19. The maximum atomic E-state index is 12.8. The number of nitrogens with zero attached hydrogens (tertiary/aromatic N) is 1. The third kappa shape index (κ3) is 7.08. The summed E-state index contributed by atoms with van der Waals surface area (Å²) in [4.78, 5) is 12.6. The zero-order valence-electron chi connectivity index (χ0n) is 18.1. The van der Waals surface area contributed by atoms with Crippen molar-refractivity contribution in [3.8, 4) is 5.75 Å². The highest BCUT2D eigenvalue weighted by molar-refractivity contribution is 7.89. The number of rotatable bonds is 10. The Morgan fingerprint density at radius 3 is 2.65 bits per heavy atom. The van der Waals surface area contributed by atoms with Crippen molar-refractivity contribution in [2.24, 2.45) is 5.92 Å². The number of hydrogen-bond acceptors (Lipinski definition) is 4. The van der Waals surface area contributed by atoms with Gasteiger partial charge >= 0.3 is 0 Å². The number of aryl methyl sites for hydroxylation is 2. The van der Waals surface area contributed by atoms with Crippen LogP contribution in [0.25, 0.3) is 0 Å². The SMILES string of the molecule is Cc1ccccc1OCCNC(=O)C1CCCN(S(=O)(=O)CCCc2ccccc2)C1. The molecule has 1 unspecified atom stereocenters. The number of ether oxygens (including phenoxy) is 1. The summed E-state index contributed by atoms with van der Waals surface area (Å²) in [5.74, 6) is 0.511. The van der Waals surface area contributed by atoms with Crippen molar-refractivity contribution in [3.63, 3.8) is 0 Å². The predicted molar refractivity (Wildman–Crippen MR) is 123 cm³/mol. The number of carbonyl (C=O) groups excluding carboxylic acids is 1. The number of piperidine rings is 1. The van der Waals surface area contributed by atoms with Crippen LogP contribution in [0.2, 0.25) is 0 Å². The first kappa shape index (κ1) is 23.3. The van der Waals surface area contributed by atoms with Crippen LogP contribution in [0.5, 0.6) is 5.75 Å². The molecule has 2 aromatic rings. The van der Waals surface area contributed by atoms with Crippen LogP contribution < -0.4 is 10.1 Å². The summed E-state index contributed by atoms with van der Waals surface area (Å²) in [6.45, 7) is 3.51. The lowest BCUT2D eigenvalue weighted by Crippen LogP contribution is -2.46. The summed E-state index contributed by atoms with van der Waals surface area (Å²) in [6, 6.07) is 17.6. The predicted octanol–water partition coefficient (Wildman–Crippen LogP) is 3.16. The quantitative estimate of drug-likeness (QED) is 0.571. The minimum absolute atomic E-state index is 0.0995. The molecular formula is C24H32N2O4S. The summed E-state index contributed by atoms with van der Waals surface area (Å²) in [6.07, 6.45) is 2.73. The Kier molecular flexibility index (Phi) is 8.49. The molecule has 1 heterocycles. The fraction of sp³-hybridized carbons (Fsp3) is 0.458. The van der Waals surface area contributed by atoms with Crippen LogP contribution in [0.4, 0.5) is 0 Å². The molecule has 1 aliphatic heterocycles. The highest BCUT2D eigenvalue weighted by Crippen LogP contribution is 2.21. The molecule has 1 atom stereocenters. The van der Waals surface area contributed by atoms with Crippen LogP contribution in [0.1, 0.15) is 30.4 Å². The normalized spacial score (nSPS) is 17.3. The zero-order valence-corrected chi connectivity index (χ0v) is 18.9. The van der Waals surface area contributed by atoms with E-state index in [1.54, 1.807) is 0 Å². The Morgan fingerprint density at radius 1 is 1.13 bits per heavy atom. The van der Waals surface area contributed by atoms with Gasteiger partial charge in [0.05, 0.1) is 18.2 Å². The largest absolute Gasteiger partial charge is 0.491 e. The molecule has 3 rings (SSSR count). The second-order valence-electron chi connectivity index (χ2n) is 8.01. The maximum absolute atomic E-state index is 12.8. The van der Waals surface area contributed by atoms with Gasteiger partial charge in [0, 0.05) is 13.1 Å². The first-order valence-corrected chi connectivity index (χ1v) is 12.5. The van der Waals surface area contributed by atoms with Gasteiger partial charge in [-0.15, -0.1) is 0 Å². The number of sulfonamides is 1. The van der Waals surface area contributed by atoms with Crippen molar-refractivity contribution in [1.29, 1.82) is 0 Å². The van der Waals surface area contributed by atoms with Crippen LogP contribution in [0, 0.1) is 12.8 Å². The Labute approximate surface area is 185 Å². The summed E-state index contributed by atoms with van der Waals surface area (Å²) < 4.78 is 32.7. The van der Waals surface area contributed by atoms with Crippen LogP contribution in [0.15, 0.2) is 54.6 Å². The van der Waals surface area contributed by atoms with E-state index in [0.717, 1.165) is 23.3 Å². The molecule has 1 saturated heterocycles. The molecule has 31 heavy (non-hydrogen) atoms. The second kappa shape index (κ2) is 11.3. The summed E-state index contributed by atoms with van der Waals surface area (Å²) >= 11 is 0. The molecule has 1 N–H and O–H groups in total. The van der Waals surface area contributed by atoms with Crippen molar-refractivity contribution in [3.05, 3.63) is 65.7 Å². The average Bonchev–Trinajstić information content (AvgIpc) is 2.78. The lowest BCUT2D eigenvalue weighted by atomic mass is 9.99. The lowest BCUT2D eigenvalue weighted by Gasteiger charge is -2.31. The molecule has 1 aliphatic rings. The highest BCUT2D eigenvalue weighted by Gasteiger charge is 2.31. The molecule has 1 fully saturated rings. The lowest BCUT2D eigenvalue weighted by molar-refractivity contribution is -0.126. The van der Waals surface area contributed by atoms with E-state index < -0.39 is 10.0 Å². The standard InChI is InChI=1S/C24H32N2O4S/c1-20-9-5-6-14-23(20)30-17-15-25-24(27)22-13-7-16-26(19-22)31(28,29)18-8-12-21-10-3-2-4-11-21/h2-6,9-11,14,22H,7-8,12-13,15-19H2,1H3,(H,25,27). The Hall–Kier alpha value is -2.38. The molecule has 0 saturated carbocycles. The maximum Gasteiger partial charge on any atom is 0.224 e. The van der Waals surface area contributed by atoms with E-state index in [2.05, 4.69) is 5.32 Å². The van der Waals surface area contributed by atoms with Crippen molar-refractivity contribution in [1.82, 2.24) is 9.62 Å². The number of nitrogens with one attached hydrogen (secondary N) is 1. The van der Waals surface area contributed by atoms with Gasteiger partial charge in [0.1, 0.15) is 12.4 Å². The summed E-state index contributed by atoms with van der Waals surface area (Å²) in [5, 5.41) is 2.89. The van der Waals surface area contributed by atoms with E-state index in [1.165, 1.54) is 4.31 Å². The van der Waals surface area contributed by atoms with Gasteiger partial charge in [0.25, 0.3) is 0 Å². The van der Waals surface area contributed by atoms with E-state index >= 15 is 0 Å². The molecule has 1 amide bonds. The van der Waals surface area contributed by atoms with Crippen molar-refractivity contribution >= 4 is 15.9 Å². The minimum atomic E-state index is -3.36. The number of amides is 1. The molecule has 0 radical (unpaired) electrons. The van der Waals surface area contributed by atoms with E-state index in [-0.39, 0.29) is 24.1 Å². The first-order valence-electron chi connectivity index (χ1n) is 10.9. The van der Waals surface area contributed by atoms with Gasteiger partial charge in [-0.3, -0.25) is 4.79 Å². The number of para-hydroxylation sites is 1. The molecule has 0 aromatic heterocycles. The van der Waals surface area contributed by atoms with Crippen molar-refractivity contribution < 1.29 is 17.9 Å². The highest BCUT2D eigenvalue weighted by atomic mass is 32.2. The third-order valence-electron chi connectivity index (χ3n) is 5.61. The molecule has 0 bridgehead atoms. The molecule has 7 heteroatoms. The molecule has 168 valence electrons. The smallest absolute Gasteiger partial charge is 0.224 e. The van der Waals surface area contributed by atoms with Crippen LogP contribution in [0.3, 0.4) is 0 Å². The van der Waals surface area contributed by atoms with E-state index in [0.29, 0.717) is 39.0 Å². The fourth-order valence-corrected chi connectivity index (χ4v) is 5.42. The topological polar surface area (TPSA) is 75.7 Å². The first-order chi connectivity index (χ1) is 15.0. The van der Waals surface area contributed by atoms with E-state index in [9.17, 15) is 13.2 Å². The van der Waals surface area contributed by atoms with Crippen LogP contribution >= 0.6 is 0 Å². The fourth-order valence-electron chi connectivity index (χ4n) is 3.84. The number of benzene rings is 2. The Balaban J connectivity index is 1.42. The molecular weight excluding hydrogens is 412 g/mol. The molecule has 0 spiro atoms. The Bertz CT molecular complexity index is 947. The van der Waals surface area contributed by atoms with Crippen molar-refractivity contribution in [2.45, 2.75) is 32.6 Å². The average molecular weight is 445 g/mol. The Morgan fingerprint density at radius 2 is 1.87 bits per heavy atom. The zero-order chi connectivity index (χ0) is 22.1. The molecule has 0 aliphatic carbocycles. The van der Waals surface area contributed by atoms with Gasteiger partial charge in [-0.05, 0) is 49.8 Å². The van der Waals surface area contributed by atoms with Gasteiger partial charge in [-0.1, -0.05) is 48.5 Å². The second-order valence-corrected chi connectivity index (χ2v) is 10.1. The third-order valence-corrected chi connectivity index (χ3v) is 7.53. The van der Waals surface area contributed by atoms with E-state index in [1.807, 2.05) is 61.5 Å². The van der Waals surface area contributed by atoms with E-state index in [4.69, 9.17) is 4.74 Å².